The van der Waals surface area contributed by atoms with Crippen molar-refractivity contribution in [2.75, 3.05) is 7.11 Å². The van der Waals surface area contributed by atoms with Gasteiger partial charge in [0.05, 0.1) is 7.11 Å². The van der Waals surface area contributed by atoms with E-state index in [1.54, 1.807) is 7.11 Å². The standard InChI is InChI=1S/C31H38OS/c1-9-22(26-17-13-14-18-28(26)33-25-15-11-10-12-16-25)19-23-20-24(30(2,3)4)21-27(29(23)32-8)31(5,6)7/h10-21H,9H2,1-8H3/b22-19+. The molecule has 3 aromatic rings. The molecule has 0 spiro atoms. The van der Waals surface area contributed by atoms with Crippen molar-refractivity contribution in [2.24, 2.45) is 0 Å². The fraction of sp³-hybridized carbons (Fsp3) is 0.355. The summed E-state index contributed by atoms with van der Waals surface area (Å²) in [4.78, 5) is 2.53. The normalized spacial score (nSPS) is 12.7. The van der Waals surface area contributed by atoms with Gasteiger partial charge in [-0.15, -0.1) is 0 Å². The van der Waals surface area contributed by atoms with Crippen LogP contribution >= 0.6 is 11.8 Å². The van der Waals surface area contributed by atoms with Crippen LogP contribution in [0.1, 0.15) is 77.1 Å². The summed E-state index contributed by atoms with van der Waals surface area (Å²) >= 11 is 1.82. The van der Waals surface area contributed by atoms with Crippen molar-refractivity contribution < 1.29 is 4.74 Å². The Morgan fingerprint density at radius 3 is 2.06 bits per heavy atom. The summed E-state index contributed by atoms with van der Waals surface area (Å²) in [5, 5.41) is 0. The average molecular weight is 459 g/mol. The van der Waals surface area contributed by atoms with Crippen LogP contribution in [0.25, 0.3) is 11.6 Å². The number of hydrogen-bond acceptors (Lipinski definition) is 2. The van der Waals surface area contributed by atoms with Crippen molar-refractivity contribution in [1.82, 2.24) is 0 Å². The summed E-state index contributed by atoms with van der Waals surface area (Å²) in [6.07, 6.45) is 3.29. The van der Waals surface area contributed by atoms with Crippen LogP contribution in [0, 0.1) is 0 Å². The second-order valence-electron chi connectivity index (χ2n) is 10.6. The van der Waals surface area contributed by atoms with Crippen LogP contribution in [0.5, 0.6) is 5.75 Å². The van der Waals surface area contributed by atoms with E-state index in [0.717, 1.165) is 17.7 Å². The van der Waals surface area contributed by atoms with Gasteiger partial charge in [0.2, 0.25) is 0 Å². The van der Waals surface area contributed by atoms with Gasteiger partial charge in [-0.1, -0.05) is 103 Å². The molecule has 0 unspecified atom stereocenters. The summed E-state index contributed by atoms with van der Waals surface area (Å²) in [7, 11) is 1.80. The maximum absolute atomic E-state index is 6.03. The number of hydrogen-bond donors (Lipinski definition) is 0. The first-order chi connectivity index (χ1) is 15.5. The van der Waals surface area contributed by atoms with E-state index in [1.807, 2.05) is 11.8 Å². The molecular weight excluding hydrogens is 420 g/mol. The molecule has 0 fully saturated rings. The summed E-state index contributed by atoms with van der Waals surface area (Å²) in [5.74, 6) is 0.981. The van der Waals surface area contributed by atoms with Gasteiger partial charge in [-0.2, -0.15) is 0 Å². The van der Waals surface area contributed by atoms with Crippen molar-refractivity contribution in [1.29, 1.82) is 0 Å². The summed E-state index contributed by atoms with van der Waals surface area (Å²) in [6, 6.07) is 24.0. The molecule has 0 saturated heterocycles. The molecular formula is C31H38OS. The molecule has 2 heteroatoms. The molecule has 3 aromatic carbocycles. The van der Waals surface area contributed by atoms with Gasteiger partial charge in [0.15, 0.2) is 0 Å². The Labute approximate surface area is 205 Å². The lowest BCUT2D eigenvalue weighted by molar-refractivity contribution is 0.395. The van der Waals surface area contributed by atoms with Crippen LogP contribution in [0.2, 0.25) is 0 Å². The molecule has 0 amide bonds. The van der Waals surface area contributed by atoms with E-state index in [0.29, 0.717) is 0 Å². The van der Waals surface area contributed by atoms with Crippen LogP contribution in [0.4, 0.5) is 0 Å². The molecule has 0 heterocycles. The highest BCUT2D eigenvalue weighted by molar-refractivity contribution is 7.99. The molecule has 0 atom stereocenters. The summed E-state index contributed by atoms with van der Waals surface area (Å²) in [5.41, 5.74) is 6.40. The fourth-order valence-electron chi connectivity index (χ4n) is 3.97. The van der Waals surface area contributed by atoms with Crippen LogP contribution in [0.15, 0.2) is 76.5 Å². The van der Waals surface area contributed by atoms with Gasteiger partial charge in [0, 0.05) is 20.9 Å². The molecule has 0 aliphatic rings. The van der Waals surface area contributed by atoms with Crippen molar-refractivity contribution >= 4 is 23.4 Å². The molecule has 0 aromatic heterocycles. The van der Waals surface area contributed by atoms with Gasteiger partial charge in [0.1, 0.15) is 5.75 Å². The van der Waals surface area contributed by atoms with Crippen molar-refractivity contribution in [3.63, 3.8) is 0 Å². The first-order valence-corrected chi connectivity index (χ1v) is 12.6. The smallest absolute Gasteiger partial charge is 0.129 e. The van der Waals surface area contributed by atoms with Gasteiger partial charge in [0.25, 0.3) is 0 Å². The van der Waals surface area contributed by atoms with E-state index in [9.17, 15) is 0 Å². The topological polar surface area (TPSA) is 9.23 Å². The first kappa shape index (κ1) is 25.2. The molecule has 1 nitrogen and oxygen atoms in total. The van der Waals surface area contributed by atoms with E-state index in [4.69, 9.17) is 4.74 Å². The predicted molar refractivity (Wildman–Crippen MR) is 146 cm³/mol. The number of rotatable bonds is 6. The maximum atomic E-state index is 6.03. The van der Waals surface area contributed by atoms with E-state index in [1.165, 1.54) is 32.1 Å². The highest BCUT2D eigenvalue weighted by Gasteiger charge is 2.25. The first-order valence-electron chi connectivity index (χ1n) is 11.8. The van der Waals surface area contributed by atoms with Gasteiger partial charge in [-0.3, -0.25) is 0 Å². The number of methoxy groups -OCH3 is 1. The Bertz CT molecular complexity index is 1110. The molecule has 33 heavy (non-hydrogen) atoms. The minimum absolute atomic E-state index is 0.0113. The summed E-state index contributed by atoms with van der Waals surface area (Å²) in [6.45, 7) is 15.9. The second-order valence-corrected chi connectivity index (χ2v) is 11.7. The van der Waals surface area contributed by atoms with Crippen LogP contribution in [-0.2, 0) is 10.8 Å². The molecule has 0 aliphatic heterocycles. The molecule has 0 N–H and O–H groups in total. The Hall–Kier alpha value is -2.45. The lowest BCUT2D eigenvalue weighted by Crippen LogP contribution is -2.18. The Kier molecular flexibility index (Phi) is 7.80. The fourth-order valence-corrected chi connectivity index (χ4v) is 4.97. The van der Waals surface area contributed by atoms with Crippen LogP contribution in [-0.4, -0.2) is 7.11 Å². The molecule has 0 radical (unpaired) electrons. The minimum Gasteiger partial charge on any atom is -0.496 e. The van der Waals surface area contributed by atoms with E-state index in [-0.39, 0.29) is 10.8 Å². The molecule has 0 aliphatic carbocycles. The second kappa shape index (κ2) is 10.2. The number of ether oxygens (including phenoxy) is 1. The zero-order valence-corrected chi connectivity index (χ0v) is 22.3. The van der Waals surface area contributed by atoms with E-state index in [2.05, 4.69) is 121 Å². The van der Waals surface area contributed by atoms with Crippen molar-refractivity contribution in [2.45, 2.75) is 75.5 Å². The summed E-state index contributed by atoms with van der Waals surface area (Å²) < 4.78 is 6.03. The van der Waals surface area contributed by atoms with Crippen molar-refractivity contribution in [3.8, 4) is 5.75 Å². The minimum atomic E-state index is -0.0113. The van der Waals surface area contributed by atoms with Crippen LogP contribution in [0.3, 0.4) is 0 Å². The monoisotopic (exact) mass is 458 g/mol. The largest absolute Gasteiger partial charge is 0.496 e. The highest BCUT2D eigenvalue weighted by Crippen LogP contribution is 2.41. The molecule has 0 saturated carbocycles. The van der Waals surface area contributed by atoms with E-state index < -0.39 is 0 Å². The molecule has 0 bridgehead atoms. The van der Waals surface area contributed by atoms with E-state index >= 15 is 0 Å². The van der Waals surface area contributed by atoms with Gasteiger partial charge < -0.3 is 4.74 Å². The van der Waals surface area contributed by atoms with Gasteiger partial charge in [-0.25, -0.2) is 0 Å². The lowest BCUT2D eigenvalue weighted by Gasteiger charge is -2.28. The third-order valence-corrected chi connectivity index (χ3v) is 6.99. The zero-order valence-electron chi connectivity index (χ0n) is 21.5. The van der Waals surface area contributed by atoms with Gasteiger partial charge >= 0.3 is 0 Å². The number of allylic oxidation sites excluding steroid dienone is 1. The SMILES string of the molecule is CC/C(=C\c1cc(C(C)(C)C)cc(C(C)(C)C)c1OC)c1ccccc1Sc1ccccc1. The lowest BCUT2D eigenvalue weighted by atomic mass is 9.78. The van der Waals surface area contributed by atoms with Crippen molar-refractivity contribution in [3.05, 3.63) is 89.0 Å². The Morgan fingerprint density at radius 1 is 0.848 bits per heavy atom. The third-order valence-electron chi connectivity index (χ3n) is 5.91. The Morgan fingerprint density at radius 2 is 1.48 bits per heavy atom. The maximum Gasteiger partial charge on any atom is 0.129 e. The third kappa shape index (κ3) is 6.12. The predicted octanol–water partition coefficient (Wildman–Crippen LogP) is 9.39. The highest BCUT2D eigenvalue weighted by atomic mass is 32.2. The molecule has 3 rings (SSSR count). The number of benzene rings is 3. The van der Waals surface area contributed by atoms with Crippen LogP contribution < -0.4 is 4.74 Å². The Balaban J connectivity index is 2.19. The average Bonchev–Trinajstić information content (AvgIpc) is 2.77. The quantitative estimate of drug-likeness (QED) is 0.340. The zero-order chi connectivity index (χ0) is 24.2. The molecule has 174 valence electrons. The van der Waals surface area contributed by atoms with Gasteiger partial charge in [-0.05, 0) is 64.3 Å².